The Morgan fingerprint density at radius 2 is 2.25 bits per heavy atom. The van der Waals surface area contributed by atoms with Crippen LogP contribution < -0.4 is 0 Å². The van der Waals surface area contributed by atoms with E-state index < -0.39 is 0 Å². The van der Waals surface area contributed by atoms with Crippen LogP contribution in [0.15, 0.2) is 29.0 Å². The van der Waals surface area contributed by atoms with E-state index in [1.807, 2.05) is 44.1 Å². The lowest BCUT2D eigenvalue weighted by Gasteiger charge is -2.28. The molecule has 0 N–H and O–H groups in total. The fourth-order valence-corrected chi connectivity index (χ4v) is 3.29. The molecule has 2 atom stereocenters. The first kappa shape index (κ1) is 16.6. The molecule has 0 saturated carbocycles. The second kappa shape index (κ2) is 7.13. The highest BCUT2D eigenvalue weighted by atomic mass is 16.5. The number of carbonyl (C=O) groups excluding carboxylic acids is 1. The van der Waals surface area contributed by atoms with Gasteiger partial charge in [0.2, 0.25) is 5.91 Å². The number of ether oxygens (including phenoxy) is 1. The normalized spacial score (nSPS) is 20.3. The molecule has 0 spiro atoms. The van der Waals surface area contributed by atoms with Crippen molar-refractivity contribution >= 4 is 5.91 Å². The maximum Gasteiger partial charge on any atom is 0.222 e. The molecule has 2 aromatic rings. The van der Waals surface area contributed by atoms with Crippen LogP contribution in [0.5, 0.6) is 0 Å². The van der Waals surface area contributed by atoms with E-state index in [9.17, 15) is 4.79 Å². The molecule has 1 fully saturated rings. The highest BCUT2D eigenvalue weighted by Crippen LogP contribution is 2.32. The summed E-state index contributed by atoms with van der Waals surface area (Å²) < 4.78 is 11.0. The van der Waals surface area contributed by atoms with Crippen molar-refractivity contribution in [3.05, 3.63) is 47.1 Å². The van der Waals surface area contributed by atoms with Gasteiger partial charge in [0.05, 0.1) is 11.7 Å². The van der Waals surface area contributed by atoms with Gasteiger partial charge in [0, 0.05) is 43.6 Å². The van der Waals surface area contributed by atoms with Crippen LogP contribution >= 0.6 is 0 Å². The molecule has 0 aliphatic carbocycles. The lowest BCUT2D eigenvalue weighted by Crippen LogP contribution is -2.39. The van der Waals surface area contributed by atoms with Gasteiger partial charge in [-0.2, -0.15) is 0 Å². The van der Waals surface area contributed by atoms with Gasteiger partial charge in [0.15, 0.2) is 0 Å². The van der Waals surface area contributed by atoms with E-state index in [1.165, 1.54) is 0 Å². The Kier molecular flexibility index (Phi) is 4.94. The summed E-state index contributed by atoms with van der Waals surface area (Å²) in [6.45, 7) is 4.45. The largest absolute Gasteiger partial charge is 0.371 e. The number of likely N-dealkylation sites (N-methyl/N-ethyl adjacent to an activating group) is 1. The Morgan fingerprint density at radius 3 is 2.92 bits per heavy atom. The molecule has 24 heavy (non-hydrogen) atoms. The van der Waals surface area contributed by atoms with E-state index in [4.69, 9.17) is 9.26 Å². The maximum atomic E-state index is 12.6. The summed E-state index contributed by atoms with van der Waals surface area (Å²) in [6.07, 6.45) is 5.38. The van der Waals surface area contributed by atoms with E-state index in [2.05, 4.69) is 10.1 Å². The SMILES string of the molecule is Cc1noc(C)c1CCC(=O)N(C)[C@H]1CCO[C@@H]1c1cccnc1. The number of aromatic nitrogens is 2. The maximum absolute atomic E-state index is 12.6. The lowest BCUT2D eigenvalue weighted by molar-refractivity contribution is -0.133. The van der Waals surface area contributed by atoms with Crippen molar-refractivity contribution in [2.45, 2.75) is 45.3 Å². The third-order valence-corrected chi connectivity index (χ3v) is 4.73. The van der Waals surface area contributed by atoms with E-state index in [0.29, 0.717) is 19.4 Å². The van der Waals surface area contributed by atoms with Crippen LogP contribution in [0.3, 0.4) is 0 Å². The number of carbonyl (C=O) groups is 1. The zero-order chi connectivity index (χ0) is 17.1. The average Bonchev–Trinajstić information content (AvgIpc) is 3.20. The predicted molar refractivity (Wildman–Crippen MR) is 88.4 cm³/mol. The molecule has 0 radical (unpaired) electrons. The molecule has 1 amide bonds. The number of hydrogen-bond acceptors (Lipinski definition) is 5. The Hall–Kier alpha value is -2.21. The summed E-state index contributed by atoms with van der Waals surface area (Å²) in [6, 6.07) is 3.94. The van der Waals surface area contributed by atoms with Crippen molar-refractivity contribution in [1.82, 2.24) is 15.0 Å². The minimum atomic E-state index is -0.105. The Morgan fingerprint density at radius 1 is 1.42 bits per heavy atom. The van der Waals surface area contributed by atoms with Gasteiger partial charge >= 0.3 is 0 Å². The molecular formula is C18H23N3O3. The van der Waals surface area contributed by atoms with Crippen molar-refractivity contribution in [2.24, 2.45) is 0 Å². The van der Waals surface area contributed by atoms with Gasteiger partial charge in [-0.1, -0.05) is 11.2 Å². The van der Waals surface area contributed by atoms with E-state index in [0.717, 1.165) is 29.0 Å². The predicted octanol–water partition coefficient (Wildman–Crippen LogP) is 2.61. The van der Waals surface area contributed by atoms with Crippen LogP contribution in [0.4, 0.5) is 0 Å². The third kappa shape index (κ3) is 3.33. The minimum absolute atomic E-state index is 0.0476. The minimum Gasteiger partial charge on any atom is -0.371 e. The van der Waals surface area contributed by atoms with Crippen molar-refractivity contribution in [1.29, 1.82) is 0 Å². The summed E-state index contributed by atoms with van der Waals surface area (Å²) in [5.41, 5.74) is 2.91. The van der Waals surface area contributed by atoms with Gasteiger partial charge in [-0.25, -0.2) is 0 Å². The summed E-state index contributed by atoms with van der Waals surface area (Å²) in [5.74, 6) is 0.903. The van der Waals surface area contributed by atoms with Crippen molar-refractivity contribution in [2.75, 3.05) is 13.7 Å². The summed E-state index contributed by atoms with van der Waals surface area (Å²) in [4.78, 5) is 18.6. The van der Waals surface area contributed by atoms with Gasteiger partial charge < -0.3 is 14.2 Å². The van der Waals surface area contributed by atoms with Crippen LogP contribution in [-0.4, -0.2) is 40.6 Å². The van der Waals surface area contributed by atoms with E-state index >= 15 is 0 Å². The summed E-state index contributed by atoms with van der Waals surface area (Å²) in [7, 11) is 1.86. The highest BCUT2D eigenvalue weighted by molar-refractivity contribution is 5.76. The molecule has 1 aliphatic heterocycles. The van der Waals surface area contributed by atoms with Gasteiger partial charge in [-0.3, -0.25) is 9.78 Å². The first-order valence-corrected chi connectivity index (χ1v) is 8.27. The van der Waals surface area contributed by atoms with Gasteiger partial charge in [0.25, 0.3) is 0 Å². The molecular weight excluding hydrogens is 306 g/mol. The molecule has 3 heterocycles. The molecule has 6 nitrogen and oxygen atoms in total. The van der Waals surface area contributed by atoms with Crippen LogP contribution in [0.1, 0.15) is 41.5 Å². The van der Waals surface area contributed by atoms with Crippen LogP contribution in [0.2, 0.25) is 0 Å². The lowest BCUT2D eigenvalue weighted by atomic mass is 10.0. The second-order valence-corrected chi connectivity index (χ2v) is 6.24. The first-order chi connectivity index (χ1) is 11.6. The molecule has 0 aromatic carbocycles. The zero-order valence-corrected chi connectivity index (χ0v) is 14.4. The van der Waals surface area contributed by atoms with Crippen molar-refractivity contribution in [3.63, 3.8) is 0 Å². The number of aryl methyl sites for hydroxylation is 2. The molecule has 0 bridgehead atoms. The summed E-state index contributed by atoms with van der Waals surface area (Å²) >= 11 is 0. The third-order valence-electron chi connectivity index (χ3n) is 4.73. The number of amides is 1. The Labute approximate surface area is 141 Å². The van der Waals surface area contributed by atoms with Gasteiger partial charge in [0.1, 0.15) is 11.9 Å². The molecule has 2 aromatic heterocycles. The smallest absolute Gasteiger partial charge is 0.222 e. The Balaban J connectivity index is 1.64. The standard InChI is InChI=1S/C18H23N3O3/c1-12-15(13(2)24-20-12)6-7-17(22)21(3)16-8-10-23-18(16)14-5-4-9-19-11-14/h4-5,9,11,16,18H,6-8,10H2,1-3H3/t16-,18+/m0/s1. The topological polar surface area (TPSA) is 68.5 Å². The fraction of sp³-hybridized carbons (Fsp3) is 0.500. The quantitative estimate of drug-likeness (QED) is 0.843. The second-order valence-electron chi connectivity index (χ2n) is 6.24. The van der Waals surface area contributed by atoms with Crippen molar-refractivity contribution in [3.8, 4) is 0 Å². The van der Waals surface area contributed by atoms with Gasteiger partial charge in [-0.05, 0) is 32.8 Å². The molecule has 128 valence electrons. The van der Waals surface area contributed by atoms with E-state index in [1.54, 1.807) is 6.20 Å². The Bertz CT molecular complexity index is 679. The highest BCUT2D eigenvalue weighted by Gasteiger charge is 2.34. The van der Waals surface area contributed by atoms with Crippen LogP contribution in [0, 0.1) is 13.8 Å². The number of nitrogens with zero attached hydrogens (tertiary/aromatic N) is 3. The monoisotopic (exact) mass is 329 g/mol. The number of hydrogen-bond donors (Lipinski definition) is 0. The molecule has 3 rings (SSSR count). The fourth-order valence-electron chi connectivity index (χ4n) is 3.29. The van der Waals surface area contributed by atoms with Gasteiger partial charge in [-0.15, -0.1) is 0 Å². The molecule has 0 unspecified atom stereocenters. The van der Waals surface area contributed by atoms with Crippen molar-refractivity contribution < 1.29 is 14.1 Å². The van der Waals surface area contributed by atoms with Crippen LogP contribution in [-0.2, 0) is 16.0 Å². The number of pyridine rings is 1. The molecule has 1 saturated heterocycles. The van der Waals surface area contributed by atoms with E-state index in [-0.39, 0.29) is 18.1 Å². The zero-order valence-electron chi connectivity index (χ0n) is 14.4. The molecule has 1 aliphatic rings. The first-order valence-electron chi connectivity index (χ1n) is 8.27. The average molecular weight is 329 g/mol. The number of rotatable bonds is 5. The van der Waals surface area contributed by atoms with Crippen LogP contribution in [0.25, 0.3) is 0 Å². The summed E-state index contributed by atoms with van der Waals surface area (Å²) in [5, 5.41) is 3.94. The molecule has 6 heteroatoms.